The second-order valence-corrected chi connectivity index (χ2v) is 3.40. The van der Waals surface area contributed by atoms with E-state index in [9.17, 15) is 4.79 Å². The van der Waals surface area contributed by atoms with E-state index in [1.54, 1.807) is 13.2 Å². The third-order valence-corrected chi connectivity index (χ3v) is 2.33. The molecule has 0 spiro atoms. The average molecular weight is 209 g/mol. The van der Waals surface area contributed by atoms with Crippen molar-refractivity contribution in [2.75, 3.05) is 7.11 Å². The molecule has 0 aliphatic heterocycles. The lowest BCUT2D eigenvalue weighted by atomic mass is 10.0. The number of ether oxygens (including phenoxy) is 1. The van der Waals surface area contributed by atoms with Crippen molar-refractivity contribution in [2.45, 2.75) is 19.4 Å². The van der Waals surface area contributed by atoms with E-state index in [4.69, 9.17) is 15.6 Å². The lowest BCUT2D eigenvalue weighted by Gasteiger charge is -2.13. The largest absolute Gasteiger partial charge is 0.496 e. The van der Waals surface area contributed by atoms with E-state index in [0.717, 1.165) is 11.1 Å². The van der Waals surface area contributed by atoms with Gasteiger partial charge in [-0.05, 0) is 24.1 Å². The van der Waals surface area contributed by atoms with Gasteiger partial charge in [-0.2, -0.15) is 0 Å². The highest BCUT2D eigenvalue weighted by Gasteiger charge is 2.16. The van der Waals surface area contributed by atoms with E-state index in [2.05, 4.69) is 0 Å². The summed E-state index contributed by atoms with van der Waals surface area (Å²) in [5, 5.41) is 8.73. The van der Waals surface area contributed by atoms with Crippen LogP contribution < -0.4 is 10.5 Å². The molecule has 0 aliphatic rings. The van der Waals surface area contributed by atoms with Crippen LogP contribution in [-0.4, -0.2) is 24.2 Å². The Morgan fingerprint density at radius 2 is 2.27 bits per heavy atom. The smallest absolute Gasteiger partial charge is 0.320 e. The Hall–Kier alpha value is -1.55. The first-order chi connectivity index (χ1) is 7.06. The fraction of sp³-hybridized carbons (Fsp3) is 0.364. The van der Waals surface area contributed by atoms with Gasteiger partial charge in [-0.1, -0.05) is 12.1 Å². The summed E-state index contributed by atoms with van der Waals surface area (Å²) in [6.07, 6.45) is 0.283. The Morgan fingerprint density at radius 3 is 2.80 bits per heavy atom. The maximum absolute atomic E-state index is 10.6. The molecule has 1 aromatic rings. The maximum atomic E-state index is 10.6. The SMILES string of the molecule is COc1cccc(C)c1CC(N)C(=O)O. The van der Waals surface area contributed by atoms with Crippen molar-refractivity contribution in [3.8, 4) is 5.75 Å². The molecule has 0 bridgehead atoms. The highest BCUT2D eigenvalue weighted by Crippen LogP contribution is 2.22. The van der Waals surface area contributed by atoms with Crippen LogP contribution in [0.4, 0.5) is 0 Å². The minimum atomic E-state index is -1.000. The Labute approximate surface area is 88.7 Å². The van der Waals surface area contributed by atoms with Crippen molar-refractivity contribution < 1.29 is 14.6 Å². The third-order valence-electron chi connectivity index (χ3n) is 2.33. The molecule has 3 N–H and O–H groups in total. The molecule has 1 atom stereocenters. The normalized spacial score (nSPS) is 12.2. The molecule has 82 valence electrons. The summed E-state index contributed by atoms with van der Waals surface area (Å²) in [6, 6.07) is 4.69. The second kappa shape index (κ2) is 4.79. The third kappa shape index (κ3) is 2.70. The predicted octanol–water partition coefficient (Wildman–Crippen LogP) is 0.958. The van der Waals surface area contributed by atoms with Gasteiger partial charge < -0.3 is 15.6 Å². The predicted molar refractivity (Wildman–Crippen MR) is 57.0 cm³/mol. The highest BCUT2D eigenvalue weighted by atomic mass is 16.5. The Balaban J connectivity index is 2.97. The van der Waals surface area contributed by atoms with Crippen LogP contribution in [-0.2, 0) is 11.2 Å². The van der Waals surface area contributed by atoms with Gasteiger partial charge in [0.15, 0.2) is 0 Å². The zero-order valence-electron chi connectivity index (χ0n) is 8.86. The van der Waals surface area contributed by atoms with Crippen molar-refractivity contribution >= 4 is 5.97 Å². The minimum Gasteiger partial charge on any atom is -0.496 e. The number of carbonyl (C=O) groups is 1. The monoisotopic (exact) mass is 209 g/mol. The molecular weight excluding hydrogens is 194 g/mol. The number of aliphatic carboxylic acids is 1. The van der Waals surface area contributed by atoms with E-state index in [0.29, 0.717) is 5.75 Å². The fourth-order valence-corrected chi connectivity index (χ4v) is 1.44. The molecule has 15 heavy (non-hydrogen) atoms. The molecule has 0 heterocycles. The molecule has 4 nitrogen and oxygen atoms in total. The zero-order valence-corrected chi connectivity index (χ0v) is 8.86. The summed E-state index contributed by atoms with van der Waals surface area (Å²) in [6.45, 7) is 1.91. The quantitative estimate of drug-likeness (QED) is 0.774. The van der Waals surface area contributed by atoms with Crippen LogP contribution in [0, 0.1) is 6.92 Å². The van der Waals surface area contributed by atoms with E-state index in [-0.39, 0.29) is 6.42 Å². The van der Waals surface area contributed by atoms with Gasteiger partial charge in [-0.3, -0.25) is 4.79 Å². The van der Waals surface area contributed by atoms with Gasteiger partial charge in [-0.25, -0.2) is 0 Å². The number of benzene rings is 1. The van der Waals surface area contributed by atoms with Gasteiger partial charge in [-0.15, -0.1) is 0 Å². The second-order valence-electron chi connectivity index (χ2n) is 3.40. The molecule has 1 aromatic carbocycles. The van der Waals surface area contributed by atoms with Crippen molar-refractivity contribution in [1.29, 1.82) is 0 Å². The van der Waals surface area contributed by atoms with Gasteiger partial charge in [0.2, 0.25) is 0 Å². The van der Waals surface area contributed by atoms with Gasteiger partial charge >= 0.3 is 5.97 Å². The van der Waals surface area contributed by atoms with Crippen LogP contribution in [0.1, 0.15) is 11.1 Å². The summed E-state index contributed by atoms with van der Waals surface area (Å²) in [5.74, 6) is -0.313. The summed E-state index contributed by atoms with van der Waals surface area (Å²) in [7, 11) is 1.56. The van der Waals surface area contributed by atoms with Gasteiger partial charge in [0.1, 0.15) is 11.8 Å². The number of aryl methyl sites for hydroxylation is 1. The number of rotatable bonds is 4. The Kier molecular flexibility index (Phi) is 3.68. The number of hydrogen-bond acceptors (Lipinski definition) is 3. The number of methoxy groups -OCH3 is 1. The van der Waals surface area contributed by atoms with Gasteiger partial charge in [0, 0.05) is 6.42 Å². The summed E-state index contributed by atoms with van der Waals surface area (Å²) in [4.78, 5) is 10.6. The van der Waals surface area contributed by atoms with Crippen LogP contribution in [0.2, 0.25) is 0 Å². The number of carboxylic acids is 1. The first-order valence-corrected chi connectivity index (χ1v) is 4.67. The molecule has 4 heteroatoms. The summed E-state index contributed by atoms with van der Waals surface area (Å²) in [5.41, 5.74) is 7.33. The molecular formula is C11H15NO3. The summed E-state index contributed by atoms with van der Waals surface area (Å²) >= 11 is 0. The number of nitrogens with two attached hydrogens (primary N) is 1. The first-order valence-electron chi connectivity index (χ1n) is 4.67. The van der Waals surface area contributed by atoms with Crippen molar-refractivity contribution in [3.63, 3.8) is 0 Å². The average Bonchev–Trinajstić information content (AvgIpc) is 2.20. The van der Waals surface area contributed by atoms with Crippen molar-refractivity contribution in [2.24, 2.45) is 5.73 Å². The van der Waals surface area contributed by atoms with Crippen LogP contribution in [0.25, 0.3) is 0 Å². The molecule has 0 radical (unpaired) electrons. The highest BCUT2D eigenvalue weighted by molar-refractivity contribution is 5.73. The lowest BCUT2D eigenvalue weighted by molar-refractivity contribution is -0.138. The van der Waals surface area contributed by atoms with E-state index < -0.39 is 12.0 Å². The minimum absolute atomic E-state index is 0.283. The lowest BCUT2D eigenvalue weighted by Crippen LogP contribution is -2.32. The van der Waals surface area contributed by atoms with Gasteiger partial charge in [0.05, 0.1) is 7.11 Å². The fourth-order valence-electron chi connectivity index (χ4n) is 1.44. The Morgan fingerprint density at radius 1 is 1.60 bits per heavy atom. The maximum Gasteiger partial charge on any atom is 0.320 e. The topological polar surface area (TPSA) is 72.5 Å². The van der Waals surface area contributed by atoms with Crippen molar-refractivity contribution in [3.05, 3.63) is 29.3 Å². The number of hydrogen-bond donors (Lipinski definition) is 2. The number of carboxylic acid groups (broad SMARTS) is 1. The zero-order chi connectivity index (χ0) is 11.4. The molecule has 0 saturated carbocycles. The Bertz CT molecular complexity index is 363. The van der Waals surface area contributed by atoms with Crippen LogP contribution in [0.5, 0.6) is 5.75 Å². The molecule has 1 unspecified atom stereocenters. The van der Waals surface area contributed by atoms with E-state index in [1.807, 2.05) is 19.1 Å². The molecule has 0 fully saturated rings. The van der Waals surface area contributed by atoms with Crippen LogP contribution in [0.15, 0.2) is 18.2 Å². The van der Waals surface area contributed by atoms with Crippen LogP contribution in [0.3, 0.4) is 0 Å². The molecule has 0 saturated heterocycles. The molecule has 0 aliphatic carbocycles. The van der Waals surface area contributed by atoms with E-state index in [1.165, 1.54) is 0 Å². The molecule has 0 amide bonds. The van der Waals surface area contributed by atoms with Gasteiger partial charge in [0.25, 0.3) is 0 Å². The first kappa shape index (κ1) is 11.5. The molecule has 0 aromatic heterocycles. The summed E-state index contributed by atoms with van der Waals surface area (Å²) < 4.78 is 5.16. The molecule has 1 rings (SSSR count). The standard InChI is InChI=1S/C11H15NO3/c1-7-4-3-5-10(15-2)8(7)6-9(12)11(13)14/h3-5,9H,6,12H2,1-2H3,(H,13,14). The van der Waals surface area contributed by atoms with Crippen molar-refractivity contribution in [1.82, 2.24) is 0 Å². The van der Waals surface area contributed by atoms with E-state index >= 15 is 0 Å². The van der Waals surface area contributed by atoms with Crippen LogP contribution >= 0.6 is 0 Å².